The van der Waals surface area contributed by atoms with Crippen molar-refractivity contribution in [2.45, 2.75) is 5.92 Å². The maximum absolute atomic E-state index is 13.0. The fourth-order valence-electron chi connectivity index (χ4n) is 3.51. The molecule has 154 valence electrons. The van der Waals surface area contributed by atoms with Gasteiger partial charge in [-0.1, -0.05) is 41.9 Å². The predicted octanol–water partition coefficient (Wildman–Crippen LogP) is 5.36. The Kier molecular flexibility index (Phi) is 5.14. The van der Waals surface area contributed by atoms with Gasteiger partial charge in [-0.05, 0) is 42.5 Å². The first-order valence-electron chi connectivity index (χ1n) is 9.85. The summed E-state index contributed by atoms with van der Waals surface area (Å²) in [6.45, 7) is 0.677. The van der Waals surface area contributed by atoms with E-state index < -0.39 is 5.97 Å². The Bertz CT molecular complexity index is 1260. The molecule has 0 spiro atoms. The maximum Gasteiger partial charge on any atom is 0.360 e. The molecule has 1 aliphatic rings. The number of para-hydroxylation sites is 3. The van der Waals surface area contributed by atoms with Crippen LogP contribution in [0.15, 0.2) is 72.8 Å². The third-order valence-electron chi connectivity index (χ3n) is 5.09. The smallest absolute Gasteiger partial charge is 0.360 e. The SMILES string of the molecule is O=C(OC[C@H]1COc2ccccc21)c1nc2ccccc2nc1Nc1ccc(Cl)cc1. The largest absolute Gasteiger partial charge is 0.493 e. The fraction of sp³-hybridized carbons (Fsp3) is 0.125. The molecule has 1 N–H and O–H groups in total. The Morgan fingerprint density at radius 1 is 1.00 bits per heavy atom. The van der Waals surface area contributed by atoms with Gasteiger partial charge in [0, 0.05) is 16.3 Å². The molecule has 0 unspecified atom stereocenters. The van der Waals surface area contributed by atoms with Gasteiger partial charge >= 0.3 is 5.97 Å². The summed E-state index contributed by atoms with van der Waals surface area (Å²) in [5, 5.41) is 3.78. The number of anilines is 2. The molecule has 7 heteroatoms. The van der Waals surface area contributed by atoms with Crippen LogP contribution in [0.2, 0.25) is 5.02 Å². The number of nitrogens with zero attached hydrogens (tertiary/aromatic N) is 2. The zero-order chi connectivity index (χ0) is 21.2. The van der Waals surface area contributed by atoms with Crippen molar-refractivity contribution in [3.63, 3.8) is 0 Å². The first-order chi connectivity index (χ1) is 15.2. The van der Waals surface area contributed by atoms with Crippen LogP contribution in [-0.4, -0.2) is 29.2 Å². The molecule has 2 heterocycles. The normalized spacial score (nSPS) is 14.7. The summed E-state index contributed by atoms with van der Waals surface area (Å²) in [7, 11) is 0. The number of benzene rings is 3. The highest BCUT2D eigenvalue weighted by molar-refractivity contribution is 6.30. The summed E-state index contributed by atoms with van der Waals surface area (Å²) in [6, 6.07) is 22.3. The number of nitrogens with one attached hydrogen (secondary N) is 1. The second kappa shape index (κ2) is 8.24. The molecule has 1 aliphatic heterocycles. The fourth-order valence-corrected chi connectivity index (χ4v) is 3.64. The molecule has 3 aromatic carbocycles. The van der Waals surface area contributed by atoms with Crippen molar-refractivity contribution in [2.24, 2.45) is 0 Å². The summed E-state index contributed by atoms with van der Waals surface area (Å²) in [5.41, 5.74) is 3.20. The van der Waals surface area contributed by atoms with Crippen molar-refractivity contribution in [3.05, 3.63) is 89.1 Å². The lowest BCUT2D eigenvalue weighted by Crippen LogP contribution is -2.17. The van der Waals surface area contributed by atoms with Gasteiger partial charge in [0.15, 0.2) is 11.5 Å². The Hall–Kier alpha value is -3.64. The highest BCUT2D eigenvalue weighted by Crippen LogP contribution is 2.33. The lowest BCUT2D eigenvalue weighted by atomic mass is 10.0. The zero-order valence-corrected chi connectivity index (χ0v) is 17.2. The standard InChI is InChI=1S/C24H18ClN3O3/c25-16-9-11-17(12-10-16)26-23-22(27-19-6-2-3-7-20(19)28-23)24(29)31-14-15-13-30-21-8-4-1-5-18(15)21/h1-12,15H,13-14H2,(H,26,28)/t15-/m1/s1. The monoisotopic (exact) mass is 431 g/mol. The van der Waals surface area contributed by atoms with E-state index in [0.29, 0.717) is 28.5 Å². The minimum atomic E-state index is -0.543. The highest BCUT2D eigenvalue weighted by Gasteiger charge is 2.26. The molecule has 6 nitrogen and oxygen atoms in total. The molecule has 0 bridgehead atoms. The number of ether oxygens (including phenoxy) is 2. The summed E-state index contributed by atoms with van der Waals surface area (Å²) in [4.78, 5) is 22.1. The lowest BCUT2D eigenvalue weighted by molar-refractivity contribution is 0.0465. The van der Waals surface area contributed by atoms with Crippen LogP contribution in [0.4, 0.5) is 11.5 Å². The van der Waals surface area contributed by atoms with Crippen molar-refractivity contribution in [2.75, 3.05) is 18.5 Å². The average molecular weight is 432 g/mol. The van der Waals surface area contributed by atoms with Crippen LogP contribution >= 0.6 is 11.6 Å². The molecule has 31 heavy (non-hydrogen) atoms. The second-order valence-electron chi connectivity index (χ2n) is 7.19. The Morgan fingerprint density at radius 3 is 2.52 bits per heavy atom. The molecule has 1 atom stereocenters. The van der Waals surface area contributed by atoms with E-state index in [-0.39, 0.29) is 18.2 Å². The average Bonchev–Trinajstić information content (AvgIpc) is 3.22. The van der Waals surface area contributed by atoms with Gasteiger partial charge in [0.25, 0.3) is 0 Å². The molecule has 0 fully saturated rings. The minimum Gasteiger partial charge on any atom is -0.493 e. The zero-order valence-electron chi connectivity index (χ0n) is 16.4. The number of rotatable bonds is 5. The molecular formula is C24H18ClN3O3. The van der Waals surface area contributed by atoms with Gasteiger partial charge in [-0.25, -0.2) is 14.8 Å². The number of esters is 1. The summed E-state index contributed by atoms with van der Waals surface area (Å²) < 4.78 is 11.3. The number of hydrogen-bond acceptors (Lipinski definition) is 6. The molecule has 0 radical (unpaired) electrons. The number of carbonyl (C=O) groups is 1. The van der Waals surface area contributed by atoms with Crippen LogP contribution in [0.5, 0.6) is 5.75 Å². The van der Waals surface area contributed by atoms with Crippen LogP contribution in [0.1, 0.15) is 22.0 Å². The van der Waals surface area contributed by atoms with Crippen LogP contribution in [0.3, 0.4) is 0 Å². The summed E-state index contributed by atoms with van der Waals surface area (Å²) >= 11 is 5.97. The van der Waals surface area contributed by atoms with Gasteiger partial charge in [-0.15, -0.1) is 0 Å². The summed E-state index contributed by atoms with van der Waals surface area (Å²) in [5.74, 6) is 0.605. The van der Waals surface area contributed by atoms with E-state index in [1.54, 1.807) is 24.3 Å². The molecule has 0 saturated heterocycles. The van der Waals surface area contributed by atoms with Crippen molar-refractivity contribution in [1.82, 2.24) is 9.97 Å². The van der Waals surface area contributed by atoms with Crippen molar-refractivity contribution in [3.8, 4) is 5.75 Å². The number of fused-ring (bicyclic) bond motifs is 2. The first kappa shape index (κ1) is 19.3. The van der Waals surface area contributed by atoms with Gasteiger partial charge in [-0.3, -0.25) is 0 Å². The van der Waals surface area contributed by atoms with Gasteiger partial charge in [0.2, 0.25) is 0 Å². The van der Waals surface area contributed by atoms with Crippen molar-refractivity contribution in [1.29, 1.82) is 0 Å². The highest BCUT2D eigenvalue weighted by atomic mass is 35.5. The van der Waals surface area contributed by atoms with Gasteiger partial charge in [0.05, 0.1) is 23.6 Å². The van der Waals surface area contributed by atoms with E-state index in [9.17, 15) is 4.79 Å². The van der Waals surface area contributed by atoms with E-state index >= 15 is 0 Å². The van der Waals surface area contributed by atoms with E-state index in [4.69, 9.17) is 21.1 Å². The van der Waals surface area contributed by atoms with E-state index in [2.05, 4.69) is 15.3 Å². The molecule has 4 aromatic rings. The van der Waals surface area contributed by atoms with E-state index in [1.165, 1.54) is 0 Å². The topological polar surface area (TPSA) is 73.3 Å². The maximum atomic E-state index is 13.0. The molecule has 0 aliphatic carbocycles. The second-order valence-corrected chi connectivity index (χ2v) is 7.62. The minimum absolute atomic E-state index is 0.0127. The Balaban J connectivity index is 1.42. The van der Waals surface area contributed by atoms with Crippen molar-refractivity contribution < 1.29 is 14.3 Å². The van der Waals surface area contributed by atoms with Crippen LogP contribution in [0, 0.1) is 0 Å². The first-order valence-corrected chi connectivity index (χ1v) is 10.2. The number of halogens is 1. The van der Waals surface area contributed by atoms with Gasteiger partial charge in [-0.2, -0.15) is 0 Å². The molecule has 0 amide bonds. The van der Waals surface area contributed by atoms with E-state index in [1.807, 2.05) is 48.5 Å². The predicted molar refractivity (Wildman–Crippen MR) is 119 cm³/mol. The molecule has 5 rings (SSSR count). The number of carbonyl (C=O) groups excluding carboxylic acids is 1. The molecule has 0 saturated carbocycles. The van der Waals surface area contributed by atoms with Crippen molar-refractivity contribution >= 4 is 40.1 Å². The van der Waals surface area contributed by atoms with Crippen LogP contribution < -0.4 is 10.1 Å². The van der Waals surface area contributed by atoms with E-state index in [0.717, 1.165) is 17.0 Å². The lowest BCUT2D eigenvalue weighted by Gasteiger charge is -2.13. The third-order valence-corrected chi connectivity index (χ3v) is 5.34. The summed E-state index contributed by atoms with van der Waals surface area (Å²) in [6.07, 6.45) is 0. The molecule has 1 aromatic heterocycles. The van der Waals surface area contributed by atoms with Gasteiger partial charge < -0.3 is 14.8 Å². The van der Waals surface area contributed by atoms with Crippen LogP contribution in [-0.2, 0) is 4.74 Å². The van der Waals surface area contributed by atoms with Gasteiger partial charge in [0.1, 0.15) is 12.4 Å². The Labute approximate surface area is 183 Å². The number of aromatic nitrogens is 2. The van der Waals surface area contributed by atoms with Crippen LogP contribution in [0.25, 0.3) is 11.0 Å². The molecular weight excluding hydrogens is 414 g/mol. The third kappa shape index (κ3) is 4.02. The number of hydrogen-bond donors (Lipinski definition) is 1. The Morgan fingerprint density at radius 2 is 1.71 bits per heavy atom. The quantitative estimate of drug-likeness (QED) is 0.429.